The van der Waals surface area contributed by atoms with E-state index >= 15 is 0 Å². The van der Waals surface area contributed by atoms with Gasteiger partial charge < -0.3 is 13.9 Å². The van der Waals surface area contributed by atoms with Crippen LogP contribution in [0.1, 0.15) is 0 Å². The van der Waals surface area contributed by atoms with Crippen LogP contribution in [0.4, 0.5) is 0 Å². The van der Waals surface area contributed by atoms with Crippen molar-refractivity contribution in [3.05, 3.63) is 42.7 Å². The van der Waals surface area contributed by atoms with Gasteiger partial charge >= 0.3 is 0 Å². The van der Waals surface area contributed by atoms with Crippen LogP contribution < -0.4 is 0 Å². The maximum atomic E-state index is 9.30. The summed E-state index contributed by atoms with van der Waals surface area (Å²) in [5.41, 5.74) is 0.735. The van der Waals surface area contributed by atoms with Gasteiger partial charge in [-0.15, -0.1) is 0 Å². The molecule has 0 atom stereocenters. The first kappa shape index (κ1) is 8.17. The Morgan fingerprint density at radius 2 is 1.93 bits per heavy atom. The van der Waals surface area contributed by atoms with Gasteiger partial charge in [0.2, 0.25) is 0 Å². The van der Waals surface area contributed by atoms with E-state index in [4.69, 9.17) is 8.83 Å². The molecule has 0 radical (unpaired) electrons. The highest BCUT2D eigenvalue weighted by Gasteiger charge is 2.08. The smallest absolute Gasteiger partial charge is 0.170 e. The van der Waals surface area contributed by atoms with Crippen LogP contribution in [0.15, 0.2) is 51.5 Å². The van der Waals surface area contributed by atoms with E-state index in [1.54, 1.807) is 30.5 Å². The highest BCUT2D eigenvalue weighted by atomic mass is 16.4. The lowest BCUT2D eigenvalue weighted by molar-refractivity contribution is 0.476. The summed E-state index contributed by atoms with van der Waals surface area (Å²) in [7, 11) is 0. The van der Waals surface area contributed by atoms with Crippen molar-refractivity contribution in [3.63, 3.8) is 0 Å². The molecule has 0 fully saturated rings. The molecule has 1 N–H and O–H groups in total. The zero-order chi connectivity index (χ0) is 10.3. The van der Waals surface area contributed by atoms with Crippen LogP contribution >= 0.6 is 0 Å². The molecule has 2 aromatic heterocycles. The second-order valence-electron chi connectivity index (χ2n) is 3.31. The zero-order valence-corrected chi connectivity index (χ0v) is 7.81. The fourth-order valence-electron chi connectivity index (χ4n) is 1.57. The Bertz CT molecular complexity index is 590. The summed E-state index contributed by atoms with van der Waals surface area (Å²) >= 11 is 0. The summed E-state index contributed by atoms with van der Waals surface area (Å²) in [4.78, 5) is 0. The van der Waals surface area contributed by atoms with E-state index in [1.807, 2.05) is 12.1 Å². The molecule has 74 valence electrons. The van der Waals surface area contributed by atoms with Crippen LogP contribution in [0.5, 0.6) is 5.75 Å². The van der Waals surface area contributed by atoms with Gasteiger partial charge in [-0.05, 0) is 36.4 Å². The van der Waals surface area contributed by atoms with Gasteiger partial charge in [0, 0.05) is 5.39 Å². The van der Waals surface area contributed by atoms with E-state index in [9.17, 15) is 5.11 Å². The second-order valence-corrected chi connectivity index (χ2v) is 3.31. The number of hydrogen-bond donors (Lipinski definition) is 1. The van der Waals surface area contributed by atoms with Crippen molar-refractivity contribution in [1.29, 1.82) is 0 Å². The number of hydrogen-bond acceptors (Lipinski definition) is 3. The Morgan fingerprint density at radius 1 is 1.00 bits per heavy atom. The quantitative estimate of drug-likeness (QED) is 0.654. The van der Waals surface area contributed by atoms with Crippen molar-refractivity contribution >= 4 is 11.0 Å². The minimum atomic E-state index is 0.231. The lowest BCUT2D eigenvalue weighted by Gasteiger charge is -1.89. The van der Waals surface area contributed by atoms with Crippen LogP contribution in [0.3, 0.4) is 0 Å². The van der Waals surface area contributed by atoms with Crippen molar-refractivity contribution in [3.8, 4) is 17.3 Å². The largest absolute Gasteiger partial charge is 0.508 e. The Balaban J connectivity index is 2.22. The van der Waals surface area contributed by atoms with E-state index in [2.05, 4.69) is 0 Å². The van der Waals surface area contributed by atoms with Crippen LogP contribution in [-0.2, 0) is 0 Å². The van der Waals surface area contributed by atoms with E-state index < -0.39 is 0 Å². The summed E-state index contributed by atoms with van der Waals surface area (Å²) < 4.78 is 10.8. The van der Waals surface area contributed by atoms with E-state index in [-0.39, 0.29) is 5.75 Å². The molecule has 0 bridgehead atoms. The fraction of sp³-hybridized carbons (Fsp3) is 0. The topological polar surface area (TPSA) is 46.5 Å². The number of phenolic OH excluding ortho intramolecular Hbond substituents is 1. The Labute approximate surface area is 85.6 Å². The summed E-state index contributed by atoms with van der Waals surface area (Å²) in [5, 5.41) is 10.2. The van der Waals surface area contributed by atoms with E-state index in [0.717, 1.165) is 11.0 Å². The molecular weight excluding hydrogens is 192 g/mol. The molecular formula is C12H8O3. The maximum Gasteiger partial charge on any atom is 0.170 e. The molecule has 1 aromatic carbocycles. The molecule has 0 saturated heterocycles. The molecule has 3 rings (SSSR count). The van der Waals surface area contributed by atoms with Crippen molar-refractivity contribution in [2.75, 3.05) is 0 Å². The molecule has 15 heavy (non-hydrogen) atoms. The van der Waals surface area contributed by atoms with Gasteiger partial charge in [-0.3, -0.25) is 0 Å². The molecule has 3 heteroatoms. The fourth-order valence-corrected chi connectivity index (χ4v) is 1.57. The van der Waals surface area contributed by atoms with Crippen LogP contribution in [0.2, 0.25) is 0 Å². The van der Waals surface area contributed by atoms with Crippen LogP contribution in [0, 0.1) is 0 Å². The molecule has 3 nitrogen and oxygen atoms in total. The first-order valence-electron chi connectivity index (χ1n) is 4.59. The van der Waals surface area contributed by atoms with Crippen molar-refractivity contribution in [2.45, 2.75) is 0 Å². The van der Waals surface area contributed by atoms with Gasteiger partial charge in [0.25, 0.3) is 0 Å². The SMILES string of the molecule is Oc1ccc2oc(-c3ccco3)cc2c1. The molecule has 0 saturated carbocycles. The number of benzene rings is 1. The predicted octanol–water partition coefficient (Wildman–Crippen LogP) is 3.40. The average Bonchev–Trinajstić information content (AvgIpc) is 2.84. The lowest BCUT2D eigenvalue weighted by atomic mass is 10.2. The van der Waals surface area contributed by atoms with E-state index in [0.29, 0.717) is 11.5 Å². The molecule has 2 heterocycles. The van der Waals surface area contributed by atoms with Gasteiger partial charge in [-0.25, -0.2) is 0 Å². The lowest BCUT2D eigenvalue weighted by Crippen LogP contribution is -1.62. The zero-order valence-electron chi connectivity index (χ0n) is 7.81. The van der Waals surface area contributed by atoms with Crippen molar-refractivity contribution < 1.29 is 13.9 Å². The Hall–Kier alpha value is -2.16. The summed E-state index contributed by atoms with van der Waals surface area (Å²) in [6.07, 6.45) is 1.60. The Morgan fingerprint density at radius 3 is 2.73 bits per heavy atom. The number of phenols is 1. The predicted molar refractivity (Wildman–Crippen MR) is 55.6 cm³/mol. The standard InChI is InChI=1S/C12H8O3/c13-9-3-4-10-8(6-9)7-12(15-10)11-2-1-5-14-11/h1-7,13H. The van der Waals surface area contributed by atoms with Crippen LogP contribution in [-0.4, -0.2) is 5.11 Å². The molecule has 3 aromatic rings. The molecule has 0 aliphatic rings. The third-order valence-corrected chi connectivity index (χ3v) is 2.26. The average molecular weight is 200 g/mol. The maximum absolute atomic E-state index is 9.30. The monoisotopic (exact) mass is 200 g/mol. The summed E-state index contributed by atoms with van der Waals surface area (Å²) in [5.74, 6) is 1.58. The summed E-state index contributed by atoms with van der Waals surface area (Å²) in [6.45, 7) is 0. The third-order valence-electron chi connectivity index (χ3n) is 2.26. The van der Waals surface area contributed by atoms with Gasteiger partial charge in [-0.2, -0.15) is 0 Å². The number of aromatic hydroxyl groups is 1. The number of rotatable bonds is 1. The Kier molecular flexibility index (Phi) is 1.59. The highest BCUT2D eigenvalue weighted by Crippen LogP contribution is 2.29. The minimum Gasteiger partial charge on any atom is -0.508 e. The van der Waals surface area contributed by atoms with Gasteiger partial charge in [0.05, 0.1) is 6.26 Å². The third kappa shape index (κ3) is 1.29. The molecule has 0 aliphatic heterocycles. The second kappa shape index (κ2) is 2.92. The molecule has 0 amide bonds. The van der Waals surface area contributed by atoms with Crippen molar-refractivity contribution in [2.24, 2.45) is 0 Å². The van der Waals surface area contributed by atoms with Gasteiger partial charge in [0.1, 0.15) is 11.3 Å². The highest BCUT2D eigenvalue weighted by molar-refractivity contribution is 5.83. The first-order valence-corrected chi connectivity index (χ1v) is 4.59. The number of fused-ring (bicyclic) bond motifs is 1. The van der Waals surface area contributed by atoms with Gasteiger partial charge in [0.15, 0.2) is 11.5 Å². The molecule has 0 unspecified atom stereocenters. The van der Waals surface area contributed by atoms with E-state index in [1.165, 1.54) is 0 Å². The van der Waals surface area contributed by atoms with Gasteiger partial charge in [-0.1, -0.05) is 0 Å². The molecule has 0 aliphatic carbocycles. The van der Waals surface area contributed by atoms with Crippen molar-refractivity contribution in [1.82, 2.24) is 0 Å². The normalized spacial score (nSPS) is 10.9. The minimum absolute atomic E-state index is 0.231. The molecule has 0 spiro atoms. The first-order chi connectivity index (χ1) is 7.33. The van der Waals surface area contributed by atoms with Crippen LogP contribution in [0.25, 0.3) is 22.5 Å². The summed E-state index contributed by atoms with van der Waals surface area (Å²) in [6, 6.07) is 10.5. The number of furan rings is 2.